The van der Waals surface area contributed by atoms with Crippen molar-refractivity contribution in [2.45, 2.75) is 39.7 Å². The Morgan fingerprint density at radius 1 is 1.35 bits per heavy atom. The Hall–Kier alpha value is -1.41. The van der Waals surface area contributed by atoms with Gasteiger partial charge in [0.15, 0.2) is 0 Å². The van der Waals surface area contributed by atoms with Crippen molar-refractivity contribution in [2.24, 2.45) is 5.92 Å². The van der Waals surface area contributed by atoms with E-state index < -0.39 is 10.0 Å². The molecule has 0 aromatic carbocycles. The van der Waals surface area contributed by atoms with Crippen LogP contribution in [-0.2, 0) is 21.4 Å². The molecule has 1 fully saturated rings. The molecule has 23 heavy (non-hydrogen) atoms. The van der Waals surface area contributed by atoms with E-state index in [4.69, 9.17) is 0 Å². The predicted octanol–water partition coefficient (Wildman–Crippen LogP) is 0.678. The highest BCUT2D eigenvalue weighted by Crippen LogP contribution is 2.19. The molecule has 0 saturated carbocycles. The minimum atomic E-state index is -3.14. The Labute approximate surface area is 138 Å². The average Bonchev–Trinajstić information content (AvgIpc) is 2.80. The van der Waals surface area contributed by atoms with Crippen molar-refractivity contribution in [3.63, 3.8) is 0 Å². The van der Waals surface area contributed by atoms with Crippen LogP contribution in [0.5, 0.6) is 0 Å². The minimum Gasteiger partial charge on any atom is -0.356 e. The van der Waals surface area contributed by atoms with E-state index in [1.165, 1.54) is 10.6 Å². The van der Waals surface area contributed by atoms with Gasteiger partial charge in [0.1, 0.15) is 0 Å². The van der Waals surface area contributed by atoms with Crippen LogP contribution < -0.4 is 5.32 Å². The maximum absolute atomic E-state index is 12.1. The van der Waals surface area contributed by atoms with Gasteiger partial charge in [0, 0.05) is 37.8 Å². The lowest BCUT2D eigenvalue weighted by molar-refractivity contribution is -0.126. The van der Waals surface area contributed by atoms with Crippen molar-refractivity contribution in [1.82, 2.24) is 19.4 Å². The molecule has 130 valence electrons. The van der Waals surface area contributed by atoms with Gasteiger partial charge < -0.3 is 5.32 Å². The molecule has 7 nitrogen and oxygen atoms in total. The normalized spacial score (nSPS) is 17.3. The van der Waals surface area contributed by atoms with E-state index in [-0.39, 0.29) is 11.8 Å². The topological polar surface area (TPSA) is 84.3 Å². The second-order valence-electron chi connectivity index (χ2n) is 6.23. The first-order valence-corrected chi connectivity index (χ1v) is 9.86. The molecule has 0 aliphatic carbocycles. The number of sulfonamides is 1. The smallest absolute Gasteiger partial charge is 0.223 e. The van der Waals surface area contributed by atoms with Crippen LogP contribution in [0.2, 0.25) is 0 Å². The van der Waals surface area contributed by atoms with Crippen molar-refractivity contribution in [3.05, 3.63) is 17.5 Å². The molecule has 1 aromatic rings. The number of hydrogen-bond acceptors (Lipinski definition) is 4. The average molecular weight is 342 g/mol. The quantitative estimate of drug-likeness (QED) is 0.771. The van der Waals surface area contributed by atoms with Gasteiger partial charge in [0.05, 0.1) is 11.9 Å². The van der Waals surface area contributed by atoms with E-state index in [1.54, 1.807) is 0 Å². The minimum absolute atomic E-state index is 0.0338. The lowest BCUT2D eigenvalue weighted by Gasteiger charge is -2.29. The molecule has 1 amide bonds. The van der Waals surface area contributed by atoms with Crippen LogP contribution in [0.25, 0.3) is 0 Å². The summed E-state index contributed by atoms with van der Waals surface area (Å²) in [6.45, 7) is 6.25. The number of amides is 1. The zero-order valence-corrected chi connectivity index (χ0v) is 14.9. The van der Waals surface area contributed by atoms with Gasteiger partial charge in [-0.05, 0) is 39.2 Å². The first-order valence-electron chi connectivity index (χ1n) is 8.01. The van der Waals surface area contributed by atoms with Crippen LogP contribution >= 0.6 is 0 Å². The molecule has 1 aliphatic rings. The molecular formula is C15H26N4O3S. The maximum atomic E-state index is 12.1. The predicted molar refractivity (Wildman–Crippen MR) is 88.5 cm³/mol. The standard InChI is InChI=1S/C15H26N4O3S/c1-12-11-13(2)19(17-12)8-4-7-16-15(20)14-5-9-18(10-6-14)23(3,21)22/h11,14H,4-10H2,1-3H3,(H,16,20). The third-order valence-corrected chi connectivity index (χ3v) is 5.55. The van der Waals surface area contributed by atoms with Crippen molar-refractivity contribution in [1.29, 1.82) is 0 Å². The fourth-order valence-electron chi connectivity index (χ4n) is 2.94. The maximum Gasteiger partial charge on any atom is 0.223 e. The van der Waals surface area contributed by atoms with Gasteiger partial charge in [-0.1, -0.05) is 0 Å². The number of nitrogens with zero attached hydrogens (tertiary/aromatic N) is 3. The highest BCUT2D eigenvalue weighted by atomic mass is 32.2. The summed E-state index contributed by atoms with van der Waals surface area (Å²) >= 11 is 0. The van der Waals surface area contributed by atoms with Gasteiger partial charge in [-0.25, -0.2) is 12.7 Å². The van der Waals surface area contributed by atoms with E-state index >= 15 is 0 Å². The largest absolute Gasteiger partial charge is 0.356 e. The van der Waals surface area contributed by atoms with Crippen molar-refractivity contribution >= 4 is 15.9 Å². The Kier molecular flexibility index (Phi) is 5.80. The molecule has 0 radical (unpaired) electrons. The summed E-state index contributed by atoms with van der Waals surface area (Å²) in [5.74, 6) is -0.0480. The summed E-state index contributed by atoms with van der Waals surface area (Å²) in [4.78, 5) is 12.1. The fourth-order valence-corrected chi connectivity index (χ4v) is 3.81. The van der Waals surface area contributed by atoms with E-state index in [1.807, 2.05) is 24.6 Å². The number of carbonyl (C=O) groups excluding carboxylic acids is 1. The highest BCUT2D eigenvalue weighted by Gasteiger charge is 2.28. The lowest BCUT2D eigenvalue weighted by atomic mass is 9.97. The molecular weight excluding hydrogens is 316 g/mol. The molecule has 2 heterocycles. The van der Waals surface area contributed by atoms with E-state index in [9.17, 15) is 13.2 Å². The van der Waals surface area contributed by atoms with Crippen LogP contribution in [0.15, 0.2) is 6.07 Å². The Bertz CT molecular complexity index is 646. The van der Waals surface area contributed by atoms with Gasteiger partial charge in [-0.2, -0.15) is 5.10 Å². The van der Waals surface area contributed by atoms with E-state index in [0.29, 0.717) is 32.5 Å². The van der Waals surface area contributed by atoms with E-state index in [2.05, 4.69) is 10.4 Å². The number of hydrogen-bond donors (Lipinski definition) is 1. The summed E-state index contributed by atoms with van der Waals surface area (Å²) in [6.07, 6.45) is 3.23. The van der Waals surface area contributed by atoms with Crippen LogP contribution in [0.1, 0.15) is 30.7 Å². The fraction of sp³-hybridized carbons (Fsp3) is 0.733. The Morgan fingerprint density at radius 2 is 2.00 bits per heavy atom. The van der Waals surface area contributed by atoms with Gasteiger partial charge in [0.25, 0.3) is 0 Å². The molecule has 1 aliphatic heterocycles. The summed E-state index contributed by atoms with van der Waals surface area (Å²) < 4.78 is 26.3. The number of piperidine rings is 1. The third-order valence-electron chi connectivity index (χ3n) is 4.24. The molecule has 0 unspecified atom stereocenters. The Balaban J connectivity index is 1.69. The Morgan fingerprint density at radius 3 is 2.52 bits per heavy atom. The summed E-state index contributed by atoms with van der Waals surface area (Å²) in [5, 5.41) is 7.34. The molecule has 0 atom stereocenters. The SMILES string of the molecule is Cc1cc(C)n(CCCNC(=O)C2CCN(S(C)(=O)=O)CC2)n1. The number of aromatic nitrogens is 2. The monoisotopic (exact) mass is 342 g/mol. The van der Waals surface area contributed by atoms with Gasteiger partial charge >= 0.3 is 0 Å². The van der Waals surface area contributed by atoms with Crippen LogP contribution in [0.3, 0.4) is 0 Å². The molecule has 0 bridgehead atoms. The van der Waals surface area contributed by atoms with Crippen LogP contribution in [-0.4, -0.2) is 54.3 Å². The molecule has 0 spiro atoms. The zero-order valence-electron chi connectivity index (χ0n) is 14.1. The first-order chi connectivity index (χ1) is 10.8. The lowest BCUT2D eigenvalue weighted by Crippen LogP contribution is -2.42. The number of aryl methyl sites for hydroxylation is 3. The number of rotatable bonds is 6. The highest BCUT2D eigenvalue weighted by molar-refractivity contribution is 7.88. The summed E-state index contributed by atoms with van der Waals surface area (Å²) in [6, 6.07) is 2.04. The van der Waals surface area contributed by atoms with Crippen molar-refractivity contribution in [2.75, 3.05) is 25.9 Å². The van der Waals surface area contributed by atoms with Crippen molar-refractivity contribution in [3.8, 4) is 0 Å². The van der Waals surface area contributed by atoms with E-state index in [0.717, 1.165) is 24.4 Å². The molecule has 1 saturated heterocycles. The summed E-state index contributed by atoms with van der Waals surface area (Å²) in [7, 11) is -3.14. The number of carbonyl (C=O) groups is 1. The van der Waals surface area contributed by atoms with Crippen molar-refractivity contribution < 1.29 is 13.2 Å². The second-order valence-corrected chi connectivity index (χ2v) is 8.21. The van der Waals surface area contributed by atoms with Crippen LogP contribution in [0.4, 0.5) is 0 Å². The number of nitrogens with one attached hydrogen (secondary N) is 1. The molecule has 1 N–H and O–H groups in total. The van der Waals surface area contributed by atoms with Gasteiger partial charge in [-0.15, -0.1) is 0 Å². The first kappa shape index (κ1) is 17.9. The second kappa shape index (κ2) is 7.44. The van der Waals surface area contributed by atoms with Gasteiger partial charge in [0.2, 0.25) is 15.9 Å². The van der Waals surface area contributed by atoms with Gasteiger partial charge in [-0.3, -0.25) is 9.48 Å². The zero-order chi connectivity index (χ0) is 17.0. The summed E-state index contributed by atoms with van der Waals surface area (Å²) in [5.41, 5.74) is 2.13. The van der Waals surface area contributed by atoms with Crippen LogP contribution in [0, 0.1) is 19.8 Å². The third kappa shape index (κ3) is 5.04. The molecule has 1 aromatic heterocycles. The molecule has 2 rings (SSSR count). The molecule has 8 heteroatoms.